The Morgan fingerprint density at radius 1 is 1.32 bits per heavy atom. The summed E-state index contributed by atoms with van der Waals surface area (Å²) in [6.45, 7) is 1.93. The number of hydrogen-bond acceptors (Lipinski definition) is 7. The lowest BCUT2D eigenvalue weighted by atomic mass is 10.2. The predicted molar refractivity (Wildman–Crippen MR) is 125 cm³/mol. The lowest BCUT2D eigenvalue weighted by Gasteiger charge is -2.20. The normalized spacial score (nSPS) is 16.5. The highest BCUT2D eigenvalue weighted by molar-refractivity contribution is 9.10. The molecular formula is C21H18BrF2N3O5S2. The van der Waals surface area contributed by atoms with E-state index in [9.17, 15) is 22.7 Å². The van der Waals surface area contributed by atoms with Crippen LogP contribution in [-0.4, -0.2) is 48.7 Å². The van der Waals surface area contributed by atoms with Gasteiger partial charge in [-0.15, -0.1) is 15.6 Å². The summed E-state index contributed by atoms with van der Waals surface area (Å²) in [7, 11) is -5.16. The fraction of sp³-hybridized carbons (Fsp3) is 0.238. The van der Waals surface area contributed by atoms with Crippen molar-refractivity contribution < 1.29 is 31.8 Å². The van der Waals surface area contributed by atoms with Gasteiger partial charge >= 0.3 is 6.09 Å². The van der Waals surface area contributed by atoms with Gasteiger partial charge in [-0.3, -0.25) is 4.90 Å². The van der Waals surface area contributed by atoms with Gasteiger partial charge in [0.15, 0.2) is 22.3 Å². The van der Waals surface area contributed by atoms with Gasteiger partial charge in [-0.1, -0.05) is 30.3 Å². The number of carbonyl (C=O) groups is 1. The fourth-order valence-corrected chi connectivity index (χ4v) is 6.15. The standard InChI is InChI=1S/C21H18BrF2N3O5S2/c22-18-16(32-14-6-7-26(10-14)9-13-4-2-1-3-5-13)8-15(23)20(19(18)24)34(30,31)27(21(28)29)17-11-33-12-25-17/h1-5,8,11-12,14H,6-7,9-10H2,(H,28,29). The number of amides is 1. The van der Waals surface area contributed by atoms with Gasteiger partial charge in [0.2, 0.25) is 0 Å². The van der Waals surface area contributed by atoms with E-state index in [1.807, 2.05) is 30.3 Å². The smallest absolute Gasteiger partial charge is 0.427 e. The van der Waals surface area contributed by atoms with Gasteiger partial charge in [0.05, 0.1) is 9.98 Å². The van der Waals surface area contributed by atoms with E-state index in [0.29, 0.717) is 19.5 Å². The molecule has 1 atom stereocenters. The number of rotatable bonds is 7. The summed E-state index contributed by atoms with van der Waals surface area (Å²) >= 11 is 3.87. The van der Waals surface area contributed by atoms with E-state index in [2.05, 4.69) is 25.8 Å². The first-order valence-corrected chi connectivity index (χ1v) is 13.1. The zero-order chi connectivity index (χ0) is 24.5. The highest BCUT2D eigenvalue weighted by Crippen LogP contribution is 2.37. The summed E-state index contributed by atoms with van der Waals surface area (Å²) in [5.74, 6) is -3.67. The number of ether oxygens (including phenoxy) is 1. The highest BCUT2D eigenvalue weighted by atomic mass is 79.9. The quantitative estimate of drug-likeness (QED) is 0.408. The van der Waals surface area contributed by atoms with Crippen LogP contribution in [0.3, 0.4) is 0 Å². The molecular weight excluding hydrogens is 556 g/mol. The first-order chi connectivity index (χ1) is 16.2. The third-order valence-corrected chi connectivity index (χ3v) is 8.18. The lowest BCUT2D eigenvalue weighted by Crippen LogP contribution is -2.37. The second kappa shape index (κ2) is 9.94. The third-order valence-electron chi connectivity index (χ3n) is 5.15. The summed E-state index contributed by atoms with van der Waals surface area (Å²) in [5, 5.41) is 10.5. The number of carboxylic acid groups (broad SMARTS) is 1. The van der Waals surface area contributed by atoms with E-state index in [4.69, 9.17) is 4.74 Å². The van der Waals surface area contributed by atoms with E-state index < -0.39 is 42.9 Å². The van der Waals surface area contributed by atoms with Crippen LogP contribution >= 0.6 is 27.3 Å². The van der Waals surface area contributed by atoms with Gasteiger partial charge in [-0.2, -0.15) is 0 Å². The van der Waals surface area contributed by atoms with Crippen molar-refractivity contribution in [1.29, 1.82) is 0 Å². The minimum Gasteiger partial charge on any atom is -0.488 e. The predicted octanol–water partition coefficient (Wildman–Crippen LogP) is 4.71. The Kier molecular flexibility index (Phi) is 7.17. The van der Waals surface area contributed by atoms with Crippen molar-refractivity contribution in [3.8, 4) is 5.75 Å². The molecule has 1 aromatic heterocycles. The van der Waals surface area contributed by atoms with E-state index in [1.54, 1.807) is 0 Å². The van der Waals surface area contributed by atoms with Crippen LogP contribution in [0.25, 0.3) is 0 Å². The second-order valence-corrected chi connectivity index (χ2v) is 10.7. The van der Waals surface area contributed by atoms with Crippen molar-refractivity contribution in [2.24, 2.45) is 0 Å². The van der Waals surface area contributed by atoms with Crippen molar-refractivity contribution in [2.45, 2.75) is 24.0 Å². The number of nitrogens with zero attached hydrogens (tertiary/aromatic N) is 3. The topological polar surface area (TPSA) is 100 Å². The van der Waals surface area contributed by atoms with Crippen LogP contribution in [0, 0.1) is 11.6 Å². The van der Waals surface area contributed by atoms with Crippen molar-refractivity contribution in [3.63, 3.8) is 0 Å². The summed E-state index contributed by atoms with van der Waals surface area (Å²) < 4.78 is 61.0. The third kappa shape index (κ3) is 4.92. The Morgan fingerprint density at radius 2 is 2.06 bits per heavy atom. The number of aromatic nitrogens is 1. The van der Waals surface area contributed by atoms with Crippen LogP contribution in [0.4, 0.5) is 19.4 Å². The molecule has 0 radical (unpaired) electrons. The molecule has 1 amide bonds. The number of likely N-dealkylation sites (tertiary alicyclic amines) is 1. The van der Waals surface area contributed by atoms with Gasteiger partial charge in [-0.05, 0) is 27.9 Å². The molecule has 1 saturated heterocycles. The highest BCUT2D eigenvalue weighted by Gasteiger charge is 2.39. The Bertz CT molecular complexity index is 1290. The average molecular weight is 574 g/mol. The number of anilines is 1. The Hall–Kier alpha value is -2.61. The molecule has 1 unspecified atom stereocenters. The molecule has 0 saturated carbocycles. The first-order valence-electron chi connectivity index (χ1n) is 9.95. The minimum absolute atomic E-state index is 0.170. The molecule has 0 bridgehead atoms. The number of halogens is 3. The molecule has 2 heterocycles. The maximum Gasteiger partial charge on any atom is 0.427 e. The van der Waals surface area contributed by atoms with Gasteiger partial charge < -0.3 is 9.84 Å². The lowest BCUT2D eigenvalue weighted by molar-refractivity contribution is 0.195. The van der Waals surface area contributed by atoms with E-state index in [0.717, 1.165) is 34.9 Å². The summed E-state index contributed by atoms with van der Waals surface area (Å²) in [6, 6.07) is 10.5. The Labute approximate surface area is 206 Å². The van der Waals surface area contributed by atoms with Crippen LogP contribution < -0.4 is 9.04 Å². The average Bonchev–Trinajstić information content (AvgIpc) is 3.44. The molecule has 1 N–H and O–H groups in total. The van der Waals surface area contributed by atoms with E-state index >= 15 is 4.39 Å². The van der Waals surface area contributed by atoms with Crippen molar-refractivity contribution in [1.82, 2.24) is 9.88 Å². The van der Waals surface area contributed by atoms with Gasteiger partial charge in [0.25, 0.3) is 10.0 Å². The van der Waals surface area contributed by atoms with Crippen LogP contribution in [-0.2, 0) is 16.6 Å². The summed E-state index contributed by atoms with van der Waals surface area (Å²) in [5.41, 5.74) is 2.32. The SMILES string of the molecule is O=C(O)N(c1cscn1)S(=O)(=O)c1c(F)cc(OC2CCN(Cc3ccccc3)C2)c(Br)c1F. The molecule has 0 spiro atoms. The van der Waals surface area contributed by atoms with Gasteiger partial charge in [0, 0.05) is 31.1 Å². The van der Waals surface area contributed by atoms with E-state index in [-0.39, 0.29) is 16.2 Å². The maximum absolute atomic E-state index is 15.1. The molecule has 2 aromatic carbocycles. The Morgan fingerprint density at radius 3 is 2.71 bits per heavy atom. The fourth-order valence-electron chi connectivity index (χ4n) is 3.66. The second-order valence-electron chi connectivity index (χ2n) is 7.46. The summed E-state index contributed by atoms with van der Waals surface area (Å²) in [6.07, 6.45) is -1.71. The van der Waals surface area contributed by atoms with Crippen LogP contribution in [0.2, 0.25) is 0 Å². The monoisotopic (exact) mass is 573 g/mol. The molecule has 0 aliphatic carbocycles. The molecule has 3 aromatic rings. The molecule has 1 aliphatic heterocycles. The van der Waals surface area contributed by atoms with Crippen LogP contribution in [0.15, 0.2) is 56.7 Å². The van der Waals surface area contributed by atoms with Crippen LogP contribution in [0.1, 0.15) is 12.0 Å². The minimum atomic E-state index is -5.16. The molecule has 1 fully saturated rings. The Balaban J connectivity index is 1.56. The molecule has 13 heteroatoms. The number of thiazole rings is 1. The van der Waals surface area contributed by atoms with Crippen molar-refractivity contribution in [2.75, 3.05) is 17.4 Å². The molecule has 180 valence electrons. The first kappa shape index (κ1) is 24.5. The molecule has 1 aliphatic rings. The number of sulfonamides is 1. The maximum atomic E-state index is 15.1. The number of hydrogen-bond donors (Lipinski definition) is 1. The number of benzene rings is 2. The van der Waals surface area contributed by atoms with Crippen molar-refractivity contribution >= 4 is 49.2 Å². The van der Waals surface area contributed by atoms with Gasteiger partial charge in [0.1, 0.15) is 11.9 Å². The molecule has 4 rings (SSSR count). The largest absolute Gasteiger partial charge is 0.488 e. The summed E-state index contributed by atoms with van der Waals surface area (Å²) in [4.78, 5) is 16.0. The van der Waals surface area contributed by atoms with Crippen molar-refractivity contribution in [3.05, 3.63) is 69.0 Å². The molecule has 8 nitrogen and oxygen atoms in total. The molecule has 34 heavy (non-hydrogen) atoms. The zero-order valence-electron chi connectivity index (χ0n) is 17.4. The van der Waals surface area contributed by atoms with E-state index in [1.165, 1.54) is 5.51 Å². The zero-order valence-corrected chi connectivity index (χ0v) is 20.6. The van der Waals surface area contributed by atoms with Crippen LogP contribution in [0.5, 0.6) is 5.75 Å². The van der Waals surface area contributed by atoms with Gasteiger partial charge in [-0.25, -0.2) is 27.0 Å².